The Hall–Kier alpha value is -1.16. The molecule has 0 saturated carbocycles. The Labute approximate surface area is 110 Å². The highest BCUT2D eigenvalue weighted by atomic mass is 15.3. The quantitative estimate of drug-likeness (QED) is 0.819. The third-order valence-corrected chi connectivity index (χ3v) is 3.39. The summed E-state index contributed by atoms with van der Waals surface area (Å²) in [5.41, 5.74) is 0.430. The number of hydrogen-bond donors (Lipinski definition) is 0. The van der Waals surface area contributed by atoms with Crippen LogP contribution in [0.2, 0.25) is 0 Å². The van der Waals surface area contributed by atoms with Gasteiger partial charge in [-0.05, 0) is 24.4 Å². The Morgan fingerprint density at radius 1 is 1.06 bits per heavy atom. The van der Waals surface area contributed by atoms with Gasteiger partial charge in [-0.15, -0.1) is 0 Å². The zero-order chi connectivity index (χ0) is 13.0. The molecule has 4 heteroatoms. The molecule has 2 rings (SSSR count). The molecular weight excluding hydrogens is 224 g/mol. The highest BCUT2D eigenvalue weighted by molar-refractivity contribution is 5.29. The van der Waals surface area contributed by atoms with E-state index in [0.717, 1.165) is 32.1 Å². The number of anilines is 1. The molecule has 1 aromatic rings. The van der Waals surface area contributed by atoms with Gasteiger partial charge in [-0.25, -0.2) is 9.97 Å². The lowest BCUT2D eigenvalue weighted by Gasteiger charge is -2.35. The second kappa shape index (κ2) is 5.65. The summed E-state index contributed by atoms with van der Waals surface area (Å²) in [6, 6.07) is 1.86. The lowest BCUT2D eigenvalue weighted by molar-refractivity contribution is 0.216. The van der Waals surface area contributed by atoms with Crippen molar-refractivity contribution >= 4 is 5.95 Å². The number of hydrogen-bond acceptors (Lipinski definition) is 4. The van der Waals surface area contributed by atoms with Crippen LogP contribution in [0.25, 0.3) is 0 Å². The van der Waals surface area contributed by atoms with E-state index in [1.54, 1.807) is 0 Å². The van der Waals surface area contributed by atoms with Gasteiger partial charge in [0, 0.05) is 38.6 Å². The molecule has 1 aliphatic heterocycles. The van der Waals surface area contributed by atoms with Crippen LogP contribution in [0.4, 0.5) is 5.95 Å². The highest BCUT2D eigenvalue weighted by Gasteiger charge is 2.20. The van der Waals surface area contributed by atoms with Gasteiger partial charge in [0.05, 0.1) is 0 Å². The first-order chi connectivity index (χ1) is 8.54. The minimum absolute atomic E-state index is 0.430. The molecule has 1 aromatic heterocycles. The van der Waals surface area contributed by atoms with Gasteiger partial charge in [0.2, 0.25) is 5.95 Å². The van der Waals surface area contributed by atoms with Gasteiger partial charge >= 0.3 is 0 Å². The predicted octanol–water partition coefficient (Wildman–Crippen LogP) is 2.03. The fourth-order valence-corrected chi connectivity index (χ4v) is 2.12. The fourth-order valence-electron chi connectivity index (χ4n) is 2.12. The van der Waals surface area contributed by atoms with Crippen LogP contribution in [0.15, 0.2) is 18.5 Å². The molecule has 1 saturated heterocycles. The van der Waals surface area contributed by atoms with Gasteiger partial charge in [0.25, 0.3) is 0 Å². The van der Waals surface area contributed by atoms with Crippen molar-refractivity contribution in [2.45, 2.75) is 27.2 Å². The molecule has 100 valence electrons. The first-order valence-electron chi connectivity index (χ1n) is 6.79. The summed E-state index contributed by atoms with van der Waals surface area (Å²) in [5, 5.41) is 0. The van der Waals surface area contributed by atoms with E-state index in [9.17, 15) is 0 Å². The van der Waals surface area contributed by atoms with E-state index in [1.807, 2.05) is 18.5 Å². The second-order valence-corrected chi connectivity index (χ2v) is 6.19. The van der Waals surface area contributed by atoms with E-state index < -0.39 is 0 Å². The van der Waals surface area contributed by atoms with E-state index in [2.05, 4.69) is 40.5 Å². The molecule has 0 bridgehead atoms. The minimum Gasteiger partial charge on any atom is -0.338 e. The highest BCUT2D eigenvalue weighted by Crippen LogP contribution is 2.19. The second-order valence-electron chi connectivity index (χ2n) is 6.19. The summed E-state index contributed by atoms with van der Waals surface area (Å²) < 4.78 is 0. The average molecular weight is 248 g/mol. The van der Waals surface area contributed by atoms with Crippen molar-refractivity contribution in [1.82, 2.24) is 14.9 Å². The lowest BCUT2D eigenvalue weighted by atomic mass is 9.92. The van der Waals surface area contributed by atoms with Crippen molar-refractivity contribution in [3.63, 3.8) is 0 Å². The molecule has 0 spiro atoms. The number of nitrogens with zero attached hydrogens (tertiary/aromatic N) is 4. The van der Waals surface area contributed by atoms with Crippen LogP contribution in [0.1, 0.15) is 27.2 Å². The molecule has 4 nitrogen and oxygen atoms in total. The van der Waals surface area contributed by atoms with Crippen molar-refractivity contribution in [1.29, 1.82) is 0 Å². The van der Waals surface area contributed by atoms with E-state index >= 15 is 0 Å². The number of piperazine rings is 1. The van der Waals surface area contributed by atoms with E-state index in [1.165, 1.54) is 13.0 Å². The minimum atomic E-state index is 0.430. The van der Waals surface area contributed by atoms with Crippen molar-refractivity contribution in [3.05, 3.63) is 18.5 Å². The zero-order valence-electron chi connectivity index (χ0n) is 11.8. The molecular formula is C14H24N4. The standard InChI is InChI=1S/C14H24N4/c1-14(2,3)5-8-17-9-11-18(12-10-17)13-15-6-4-7-16-13/h4,6-7H,5,8-12H2,1-3H3. The van der Waals surface area contributed by atoms with Crippen LogP contribution >= 0.6 is 0 Å². The van der Waals surface area contributed by atoms with E-state index in [4.69, 9.17) is 0 Å². The maximum atomic E-state index is 4.31. The largest absolute Gasteiger partial charge is 0.338 e. The third kappa shape index (κ3) is 3.95. The summed E-state index contributed by atoms with van der Waals surface area (Å²) >= 11 is 0. The van der Waals surface area contributed by atoms with E-state index in [0.29, 0.717) is 5.41 Å². The number of aromatic nitrogens is 2. The summed E-state index contributed by atoms with van der Waals surface area (Å²) in [6.07, 6.45) is 4.89. The van der Waals surface area contributed by atoms with Crippen molar-refractivity contribution in [2.24, 2.45) is 5.41 Å². The van der Waals surface area contributed by atoms with Gasteiger partial charge in [0.15, 0.2) is 0 Å². The van der Waals surface area contributed by atoms with Crippen molar-refractivity contribution in [2.75, 3.05) is 37.6 Å². The molecule has 18 heavy (non-hydrogen) atoms. The normalized spacial score (nSPS) is 18.1. The molecule has 1 fully saturated rings. The Bertz CT molecular complexity index is 350. The summed E-state index contributed by atoms with van der Waals surface area (Å²) in [7, 11) is 0. The summed E-state index contributed by atoms with van der Waals surface area (Å²) in [6.45, 7) is 12.4. The van der Waals surface area contributed by atoms with Gasteiger partial charge in [0.1, 0.15) is 0 Å². The summed E-state index contributed by atoms with van der Waals surface area (Å²) in [4.78, 5) is 13.4. The van der Waals surface area contributed by atoms with Gasteiger partial charge in [-0.3, -0.25) is 4.90 Å². The number of rotatable bonds is 3. The Morgan fingerprint density at radius 3 is 2.22 bits per heavy atom. The smallest absolute Gasteiger partial charge is 0.225 e. The zero-order valence-corrected chi connectivity index (χ0v) is 11.8. The van der Waals surface area contributed by atoms with Crippen LogP contribution in [0.5, 0.6) is 0 Å². The van der Waals surface area contributed by atoms with Crippen LogP contribution in [0, 0.1) is 5.41 Å². The summed E-state index contributed by atoms with van der Waals surface area (Å²) in [5.74, 6) is 0.868. The molecule has 0 atom stereocenters. The Kier molecular flexibility index (Phi) is 4.17. The van der Waals surface area contributed by atoms with Gasteiger partial charge in [-0.2, -0.15) is 0 Å². The lowest BCUT2D eigenvalue weighted by Crippen LogP contribution is -2.47. The van der Waals surface area contributed by atoms with Crippen LogP contribution in [0.3, 0.4) is 0 Å². The van der Waals surface area contributed by atoms with Crippen LogP contribution in [-0.4, -0.2) is 47.6 Å². The molecule has 0 amide bonds. The molecule has 1 aliphatic rings. The molecule has 0 unspecified atom stereocenters. The first-order valence-corrected chi connectivity index (χ1v) is 6.79. The third-order valence-electron chi connectivity index (χ3n) is 3.39. The van der Waals surface area contributed by atoms with Gasteiger partial charge < -0.3 is 4.90 Å². The topological polar surface area (TPSA) is 32.3 Å². The molecule has 2 heterocycles. The van der Waals surface area contributed by atoms with Crippen LogP contribution in [-0.2, 0) is 0 Å². The predicted molar refractivity (Wildman–Crippen MR) is 74.8 cm³/mol. The maximum Gasteiger partial charge on any atom is 0.225 e. The molecule has 0 aliphatic carbocycles. The van der Waals surface area contributed by atoms with Crippen molar-refractivity contribution in [3.8, 4) is 0 Å². The first kappa shape index (κ1) is 13.3. The average Bonchev–Trinajstić information content (AvgIpc) is 2.37. The fraction of sp³-hybridized carbons (Fsp3) is 0.714. The molecule has 0 N–H and O–H groups in total. The molecule has 0 aromatic carbocycles. The monoisotopic (exact) mass is 248 g/mol. The van der Waals surface area contributed by atoms with Gasteiger partial charge in [-0.1, -0.05) is 20.8 Å². The van der Waals surface area contributed by atoms with E-state index in [-0.39, 0.29) is 0 Å². The molecule has 0 radical (unpaired) electrons. The van der Waals surface area contributed by atoms with Crippen molar-refractivity contribution < 1.29 is 0 Å². The van der Waals surface area contributed by atoms with Crippen LogP contribution < -0.4 is 4.90 Å². The Balaban J connectivity index is 1.78. The SMILES string of the molecule is CC(C)(C)CCN1CCN(c2ncccn2)CC1. The Morgan fingerprint density at radius 2 is 1.67 bits per heavy atom. The maximum absolute atomic E-state index is 4.31.